The van der Waals surface area contributed by atoms with E-state index in [0.29, 0.717) is 13.0 Å². The smallest absolute Gasteiger partial charge is 0.244 e. The van der Waals surface area contributed by atoms with Crippen molar-refractivity contribution in [3.63, 3.8) is 0 Å². The van der Waals surface area contributed by atoms with Crippen molar-refractivity contribution in [3.8, 4) is 5.69 Å². The fourth-order valence-electron chi connectivity index (χ4n) is 3.17. The normalized spacial score (nSPS) is 17.8. The van der Waals surface area contributed by atoms with E-state index in [0.717, 1.165) is 35.5 Å². The molecule has 26 heavy (non-hydrogen) atoms. The maximum absolute atomic E-state index is 12.2. The highest BCUT2D eigenvalue weighted by molar-refractivity contribution is 5.95. The van der Waals surface area contributed by atoms with Gasteiger partial charge in [0.05, 0.1) is 11.4 Å². The second kappa shape index (κ2) is 7.99. The van der Waals surface area contributed by atoms with Crippen LogP contribution >= 0.6 is 0 Å². The van der Waals surface area contributed by atoms with E-state index >= 15 is 0 Å². The molecule has 1 aliphatic rings. The molecule has 1 aromatic heterocycles. The lowest BCUT2D eigenvalue weighted by Gasteiger charge is -2.13. The highest BCUT2D eigenvalue weighted by Gasteiger charge is 2.21. The number of aryl methyl sites for hydroxylation is 1. The summed E-state index contributed by atoms with van der Waals surface area (Å²) in [4.78, 5) is 24.2. The molecule has 2 aromatic rings. The minimum atomic E-state index is -0.455. The quantitative estimate of drug-likeness (QED) is 0.829. The Kier molecular flexibility index (Phi) is 5.51. The average molecular weight is 352 g/mol. The zero-order valence-corrected chi connectivity index (χ0v) is 15.2. The molecule has 3 rings (SSSR count). The van der Waals surface area contributed by atoms with Gasteiger partial charge in [0, 0.05) is 23.9 Å². The number of hydrogen-bond donors (Lipinski definition) is 2. The zero-order valence-electron chi connectivity index (χ0n) is 15.2. The number of para-hydroxylation sites is 1. The summed E-state index contributed by atoms with van der Waals surface area (Å²) >= 11 is 0. The monoisotopic (exact) mass is 352 g/mol. The van der Waals surface area contributed by atoms with Gasteiger partial charge in [-0.25, -0.2) is 4.68 Å². The molecule has 2 heterocycles. The highest BCUT2D eigenvalue weighted by atomic mass is 16.2. The van der Waals surface area contributed by atoms with E-state index in [9.17, 15) is 9.59 Å². The molecule has 0 radical (unpaired) electrons. The molecule has 0 spiro atoms. The molecule has 1 saturated heterocycles. The van der Waals surface area contributed by atoms with Crippen LogP contribution < -0.4 is 10.6 Å². The third-order valence-corrected chi connectivity index (χ3v) is 4.60. The van der Waals surface area contributed by atoms with Crippen LogP contribution in [0.3, 0.4) is 0 Å². The van der Waals surface area contributed by atoms with E-state index in [1.807, 2.05) is 48.9 Å². The molecule has 1 fully saturated rings. The van der Waals surface area contributed by atoms with Gasteiger partial charge < -0.3 is 10.6 Å². The van der Waals surface area contributed by atoms with Gasteiger partial charge >= 0.3 is 0 Å². The first-order valence-electron chi connectivity index (χ1n) is 8.94. The van der Waals surface area contributed by atoms with Crippen LogP contribution in [-0.4, -0.2) is 34.2 Å². The molecule has 0 bridgehead atoms. The lowest BCUT2D eigenvalue weighted by atomic mass is 10.1. The van der Waals surface area contributed by atoms with Gasteiger partial charge in [-0.1, -0.05) is 18.2 Å². The molecule has 1 atom stereocenters. The predicted molar refractivity (Wildman–Crippen MR) is 101 cm³/mol. The van der Waals surface area contributed by atoms with Gasteiger partial charge in [-0.15, -0.1) is 0 Å². The van der Waals surface area contributed by atoms with Crippen LogP contribution in [0.15, 0.2) is 36.4 Å². The number of hydrogen-bond acceptors (Lipinski definition) is 3. The molecular weight excluding hydrogens is 328 g/mol. The van der Waals surface area contributed by atoms with Crippen LogP contribution in [0.25, 0.3) is 11.8 Å². The van der Waals surface area contributed by atoms with Crippen LogP contribution in [0.2, 0.25) is 0 Å². The molecule has 1 unspecified atom stereocenters. The lowest BCUT2D eigenvalue weighted by molar-refractivity contribution is -0.126. The van der Waals surface area contributed by atoms with E-state index in [4.69, 9.17) is 0 Å². The molecule has 136 valence electrons. The number of carbonyl (C=O) groups is 2. The molecule has 0 aliphatic carbocycles. The number of amides is 2. The molecule has 2 N–H and O–H groups in total. The second-order valence-corrected chi connectivity index (χ2v) is 6.51. The van der Waals surface area contributed by atoms with Crippen LogP contribution in [0.1, 0.15) is 36.2 Å². The minimum absolute atomic E-state index is 0.103. The molecule has 0 saturated carbocycles. The Morgan fingerprint density at radius 1 is 1.27 bits per heavy atom. The molecule has 6 heteroatoms. The number of benzene rings is 1. The van der Waals surface area contributed by atoms with Gasteiger partial charge in [0.25, 0.3) is 0 Å². The first kappa shape index (κ1) is 17.9. The van der Waals surface area contributed by atoms with Gasteiger partial charge in [0.1, 0.15) is 6.04 Å². The van der Waals surface area contributed by atoms with Gasteiger partial charge in [-0.3, -0.25) is 9.59 Å². The van der Waals surface area contributed by atoms with Crippen LogP contribution in [0.4, 0.5) is 0 Å². The summed E-state index contributed by atoms with van der Waals surface area (Å²) < 4.78 is 1.87. The lowest BCUT2D eigenvalue weighted by Crippen LogP contribution is -2.44. The summed E-state index contributed by atoms with van der Waals surface area (Å²) in [7, 11) is 0. The van der Waals surface area contributed by atoms with Gasteiger partial charge in [0.15, 0.2) is 0 Å². The maximum Gasteiger partial charge on any atom is 0.244 e. The van der Waals surface area contributed by atoms with E-state index in [2.05, 4.69) is 15.7 Å². The van der Waals surface area contributed by atoms with E-state index in [1.165, 1.54) is 6.08 Å². The Balaban J connectivity index is 1.73. The van der Waals surface area contributed by atoms with Crippen molar-refractivity contribution >= 4 is 17.9 Å². The van der Waals surface area contributed by atoms with Gasteiger partial charge in [-0.05, 0) is 51.3 Å². The third-order valence-electron chi connectivity index (χ3n) is 4.60. The number of nitrogens with one attached hydrogen (secondary N) is 2. The minimum Gasteiger partial charge on any atom is -0.354 e. The standard InChI is InChI=1S/C20H24N4O2/c1-14-17(15(2)24(23-14)16-8-4-3-5-9-16)11-12-19(25)22-18-10-6-7-13-21-20(18)26/h3-5,8-9,11-12,18H,6-7,10,13H2,1-2H3,(H,21,26)(H,22,25). The van der Waals surface area contributed by atoms with Crippen molar-refractivity contribution in [2.24, 2.45) is 0 Å². The first-order chi connectivity index (χ1) is 12.6. The Bertz CT molecular complexity index is 824. The van der Waals surface area contributed by atoms with Crippen LogP contribution in [0.5, 0.6) is 0 Å². The third kappa shape index (κ3) is 4.02. The molecule has 6 nitrogen and oxygen atoms in total. The molecule has 1 aliphatic heterocycles. The van der Waals surface area contributed by atoms with Crippen molar-refractivity contribution in [3.05, 3.63) is 53.4 Å². The molecular formula is C20H24N4O2. The SMILES string of the molecule is Cc1nn(-c2ccccc2)c(C)c1C=CC(=O)NC1CCCCNC1=O. The van der Waals surface area contributed by atoms with E-state index < -0.39 is 6.04 Å². The van der Waals surface area contributed by atoms with E-state index in [-0.39, 0.29) is 11.8 Å². The van der Waals surface area contributed by atoms with Crippen molar-refractivity contribution in [2.75, 3.05) is 6.54 Å². The predicted octanol–water partition coefficient (Wildman–Crippen LogP) is 2.29. The van der Waals surface area contributed by atoms with Crippen molar-refractivity contribution in [2.45, 2.75) is 39.2 Å². The van der Waals surface area contributed by atoms with Crippen molar-refractivity contribution in [1.82, 2.24) is 20.4 Å². The summed E-state index contributed by atoms with van der Waals surface area (Å²) in [5.74, 6) is -0.369. The molecule has 2 amide bonds. The Morgan fingerprint density at radius 3 is 2.81 bits per heavy atom. The number of carbonyl (C=O) groups excluding carboxylic acids is 2. The largest absolute Gasteiger partial charge is 0.354 e. The van der Waals surface area contributed by atoms with Gasteiger partial charge in [-0.2, -0.15) is 5.10 Å². The first-order valence-corrected chi connectivity index (χ1v) is 8.94. The second-order valence-electron chi connectivity index (χ2n) is 6.51. The topological polar surface area (TPSA) is 76.0 Å². The fraction of sp³-hybridized carbons (Fsp3) is 0.350. The van der Waals surface area contributed by atoms with E-state index in [1.54, 1.807) is 6.08 Å². The summed E-state index contributed by atoms with van der Waals surface area (Å²) in [6.07, 6.45) is 5.79. The summed E-state index contributed by atoms with van der Waals surface area (Å²) in [6, 6.07) is 9.42. The Labute approximate surface area is 153 Å². The Morgan fingerprint density at radius 2 is 2.04 bits per heavy atom. The Hall–Kier alpha value is -2.89. The zero-order chi connectivity index (χ0) is 18.5. The van der Waals surface area contributed by atoms with Gasteiger partial charge in [0.2, 0.25) is 11.8 Å². The molecule has 1 aromatic carbocycles. The number of nitrogens with zero attached hydrogens (tertiary/aromatic N) is 2. The van der Waals surface area contributed by atoms with Crippen molar-refractivity contribution in [1.29, 1.82) is 0 Å². The van der Waals surface area contributed by atoms with Crippen molar-refractivity contribution < 1.29 is 9.59 Å². The van der Waals surface area contributed by atoms with Crippen LogP contribution in [-0.2, 0) is 9.59 Å². The fourth-order valence-corrected chi connectivity index (χ4v) is 3.17. The number of aromatic nitrogens is 2. The van der Waals surface area contributed by atoms with Crippen LogP contribution in [0, 0.1) is 13.8 Å². The summed E-state index contributed by atoms with van der Waals surface area (Å²) in [6.45, 7) is 4.57. The maximum atomic E-state index is 12.2. The summed E-state index contributed by atoms with van der Waals surface area (Å²) in [5, 5.41) is 10.2. The summed E-state index contributed by atoms with van der Waals surface area (Å²) in [5.41, 5.74) is 3.70. The number of rotatable bonds is 4. The average Bonchev–Trinajstić information content (AvgIpc) is 2.78. The highest BCUT2D eigenvalue weighted by Crippen LogP contribution is 2.19.